The van der Waals surface area contributed by atoms with E-state index in [1.807, 2.05) is 13.8 Å². The van der Waals surface area contributed by atoms with Crippen molar-refractivity contribution in [3.63, 3.8) is 0 Å². The van der Waals surface area contributed by atoms with E-state index in [9.17, 15) is 27.2 Å². The Kier molecular flexibility index (Phi) is 7.66. The van der Waals surface area contributed by atoms with E-state index < -0.39 is 23.8 Å². The Hall–Kier alpha value is -3.58. The van der Waals surface area contributed by atoms with Gasteiger partial charge in [-0.25, -0.2) is 37.2 Å². The molecule has 3 aromatic heterocycles. The van der Waals surface area contributed by atoms with Crippen LogP contribution in [0.2, 0.25) is 0 Å². The first kappa shape index (κ1) is 29.5. The van der Waals surface area contributed by atoms with Crippen molar-refractivity contribution in [2.24, 2.45) is 17.8 Å². The van der Waals surface area contributed by atoms with Crippen LogP contribution in [-0.2, 0) is 4.79 Å². The van der Waals surface area contributed by atoms with Gasteiger partial charge in [-0.1, -0.05) is 0 Å². The van der Waals surface area contributed by atoms with Gasteiger partial charge in [-0.3, -0.25) is 14.0 Å². The van der Waals surface area contributed by atoms with Crippen molar-refractivity contribution in [1.82, 2.24) is 39.8 Å². The molecule has 3 fully saturated rings. The third-order valence-corrected chi connectivity index (χ3v) is 8.85. The minimum Gasteiger partial charge on any atom is -0.347 e. The Labute approximate surface area is 246 Å². The first-order valence-electron chi connectivity index (χ1n) is 15.0. The molecule has 3 aliphatic rings. The molecule has 0 spiro atoms. The van der Waals surface area contributed by atoms with E-state index in [0.29, 0.717) is 17.2 Å². The summed E-state index contributed by atoms with van der Waals surface area (Å²) in [5, 5.41) is 10.1. The number of hydrogen-bond acceptors (Lipinski definition) is 6. The van der Waals surface area contributed by atoms with Crippen LogP contribution < -0.4 is 10.6 Å². The molecule has 43 heavy (non-hydrogen) atoms. The first-order valence-corrected chi connectivity index (χ1v) is 15.0. The molecule has 14 heteroatoms. The van der Waals surface area contributed by atoms with Crippen molar-refractivity contribution >= 4 is 17.6 Å². The monoisotopic (exact) mass is 604 g/mol. The lowest BCUT2D eigenvalue weighted by molar-refractivity contribution is -0.134. The molecule has 232 valence electrons. The molecular weight excluding hydrogens is 568 g/mol. The number of halogens is 4. The number of imidazole rings is 1. The summed E-state index contributed by atoms with van der Waals surface area (Å²) < 4.78 is 57.8. The number of aromatic nitrogens is 6. The molecule has 10 nitrogen and oxygen atoms in total. The zero-order valence-electron chi connectivity index (χ0n) is 24.1. The smallest absolute Gasteiger partial charge is 0.289 e. The van der Waals surface area contributed by atoms with Crippen molar-refractivity contribution in [1.29, 1.82) is 0 Å². The highest BCUT2D eigenvalue weighted by atomic mass is 19.3. The van der Waals surface area contributed by atoms with Gasteiger partial charge in [0.25, 0.3) is 5.91 Å². The molecule has 0 radical (unpaired) electrons. The summed E-state index contributed by atoms with van der Waals surface area (Å²) in [4.78, 5) is 39.6. The number of carbonyl (C=O) groups is 2. The maximum Gasteiger partial charge on any atom is 0.289 e. The maximum atomic E-state index is 14.0. The van der Waals surface area contributed by atoms with Crippen LogP contribution in [-0.4, -0.2) is 52.8 Å². The van der Waals surface area contributed by atoms with Crippen LogP contribution in [0.25, 0.3) is 5.78 Å². The Balaban J connectivity index is 1.24. The number of nitrogens with one attached hydrogen (secondary N) is 2. The average molecular weight is 605 g/mol. The van der Waals surface area contributed by atoms with Crippen LogP contribution in [0, 0.1) is 17.8 Å². The second-order valence-corrected chi connectivity index (χ2v) is 12.7. The van der Waals surface area contributed by atoms with Gasteiger partial charge in [0.2, 0.25) is 29.4 Å². The van der Waals surface area contributed by atoms with E-state index in [4.69, 9.17) is 9.97 Å². The molecule has 6 rings (SSSR count). The predicted molar refractivity (Wildman–Crippen MR) is 146 cm³/mol. The van der Waals surface area contributed by atoms with Crippen molar-refractivity contribution in [3.05, 3.63) is 42.0 Å². The minimum absolute atomic E-state index is 0.0565. The quantitative estimate of drug-likeness (QED) is 0.307. The Morgan fingerprint density at radius 2 is 1.60 bits per heavy atom. The maximum absolute atomic E-state index is 14.0. The highest BCUT2D eigenvalue weighted by Crippen LogP contribution is 2.45. The van der Waals surface area contributed by atoms with E-state index in [1.165, 1.54) is 11.0 Å². The number of rotatable bonds is 10. The van der Waals surface area contributed by atoms with Crippen LogP contribution >= 0.6 is 0 Å². The Morgan fingerprint density at radius 1 is 0.953 bits per heavy atom. The summed E-state index contributed by atoms with van der Waals surface area (Å²) >= 11 is 0. The number of carbonyl (C=O) groups excluding carboxylic acids is 2. The fraction of sp³-hybridized carbons (Fsp3) is 0.655. The molecule has 3 saturated carbocycles. The molecule has 2 N–H and O–H groups in total. The predicted octanol–water partition coefficient (Wildman–Crippen LogP) is 5.20. The highest BCUT2D eigenvalue weighted by molar-refractivity contribution is 5.91. The third-order valence-electron chi connectivity index (χ3n) is 8.85. The molecule has 0 saturated heterocycles. The summed E-state index contributed by atoms with van der Waals surface area (Å²) in [7, 11) is 0. The van der Waals surface area contributed by atoms with Gasteiger partial charge in [0, 0.05) is 50.5 Å². The molecule has 0 aliphatic heterocycles. The lowest BCUT2D eigenvalue weighted by atomic mass is 9.79. The number of fused-ring (bicyclic) bond motifs is 1. The van der Waals surface area contributed by atoms with E-state index in [2.05, 4.69) is 20.7 Å². The second kappa shape index (κ2) is 11.2. The highest BCUT2D eigenvalue weighted by Gasteiger charge is 2.46. The molecule has 0 aromatic carbocycles. The van der Waals surface area contributed by atoms with Gasteiger partial charge >= 0.3 is 0 Å². The molecule has 3 heterocycles. The number of alkyl halides is 4. The zero-order chi connectivity index (χ0) is 30.5. The van der Waals surface area contributed by atoms with Crippen LogP contribution in [0.15, 0.2) is 24.8 Å². The minimum atomic E-state index is -2.74. The third kappa shape index (κ3) is 6.52. The number of amides is 2. The topological polar surface area (TPSA) is 119 Å². The normalized spacial score (nSPS) is 21.8. The van der Waals surface area contributed by atoms with Crippen LogP contribution in [0.3, 0.4) is 0 Å². The SMILES string of the molecule is CC(C)n1ncnc1C(=O)NC(c1cn2ccc(C(NC(=O)CC3CC(F)(F)C3)C3CC3)nc2n1)C1CCC(F)(F)CC1. The van der Waals surface area contributed by atoms with Crippen LogP contribution in [0.4, 0.5) is 17.6 Å². The summed E-state index contributed by atoms with van der Waals surface area (Å²) in [6.45, 7) is 3.75. The summed E-state index contributed by atoms with van der Waals surface area (Å²) in [5.41, 5.74) is 1.10. The lowest BCUT2D eigenvalue weighted by Gasteiger charge is -2.34. The molecule has 2 amide bonds. The van der Waals surface area contributed by atoms with Crippen molar-refractivity contribution in [3.8, 4) is 0 Å². The van der Waals surface area contributed by atoms with Gasteiger partial charge in [0.1, 0.15) is 6.33 Å². The van der Waals surface area contributed by atoms with Crippen molar-refractivity contribution in [2.75, 3.05) is 0 Å². The Bertz CT molecular complexity index is 1480. The summed E-state index contributed by atoms with van der Waals surface area (Å²) in [6, 6.07) is 0.656. The van der Waals surface area contributed by atoms with Gasteiger partial charge in [-0.05, 0) is 63.4 Å². The van der Waals surface area contributed by atoms with Crippen molar-refractivity contribution < 1.29 is 27.2 Å². The van der Waals surface area contributed by atoms with E-state index in [0.717, 1.165) is 12.8 Å². The summed E-state index contributed by atoms with van der Waals surface area (Å²) in [5.74, 6) is -6.08. The zero-order valence-corrected chi connectivity index (χ0v) is 24.1. The van der Waals surface area contributed by atoms with Gasteiger partial charge in [-0.15, -0.1) is 0 Å². The molecule has 3 aliphatic carbocycles. The van der Waals surface area contributed by atoms with Crippen LogP contribution in [0.5, 0.6) is 0 Å². The van der Waals surface area contributed by atoms with E-state index in [-0.39, 0.29) is 86.5 Å². The molecule has 0 bridgehead atoms. The molecule has 2 unspecified atom stereocenters. The van der Waals surface area contributed by atoms with E-state index >= 15 is 0 Å². The molecule has 3 aromatic rings. The fourth-order valence-electron chi connectivity index (χ4n) is 6.34. The fourth-order valence-corrected chi connectivity index (χ4v) is 6.34. The first-order chi connectivity index (χ1) is 20.4. The standard InChI is InChI=1S/C29H36F4N8O2/c1-16(2)41-25(34-15-35-41)26(43)39-24(19-5-8-28(30,31)9-6-19)21-14-40-10-7-20(36-27(40)37-21)23(18-3-4-18)38-22(42)11-17-12-29(32,33)13-17/h7,10,14-19,23-24H,3-6,8-9,11-13H2,1-2H3,(H,38,42)(H,39,43). The van der Waals surface area contributed by atoms with Gasteiger partial charge in [0.15, 0.2) is 0 Å². The second-order valence-electron chi connectivity index (χ2n) is 12.7. The molecular formula is C29H36F4N8O2. The van der Waals surface area contributed by atoms with Gasteiger partial charge in [-0.2, -0.15) is 5.10 Å². The average Bonchev–Trinajstić information content (AvgIpc) is 3.47. The van der Waals surface area contributed by atoms with E-state index in [1.54, 1.807) is 22.9 Å². The van der Waals surface area contributed by atoms with Gasteiger partial charge < -0.3 is 10.6 Å². The number of nitrogens with zero attached hydrogens (tertiary/aromatic N) is 6. The number of hydrogen-bond donors (Lipinski definition) is 2. The molecule has 2 atom stereocenters. The van der Waals surface area contributed by atoms with Gasteiger partial charge in [0.05, 0.1) is 23.5 Å². The van der Waals surface area contributed by atoms with Crippen molar-refractivity contribution in [2.45, 2.75) is 102 Å². The largest absolute Gasteiger partial charge is 0.347 e. The lowest BCUT2D eigenvalue weighted by Crippen LogP contribution is -2.39. The summed E-state index contributed by atoms with van der Waals surface area (Å²) in [6.07, 6.45) is 6.05. The Morgan fingerprint density at radius 3 is 2.26 bits per heavy atom. The van der Waals surface area contributed by atoms with Crippen LogP contribution in [0.1, 0.15) is 112 Å².